The number of hydrogen-bond donors (Lipinski definition) is 3. The Balaban J connectivity index is 1.63. The molecule has 0 radical (unpaired) electrons. The van der Waals surface area contributed by atoms with Crippen LogP contribution in [0, 0.1) is 6.92 Å². The Morgan fingerprint density at radius 2 is 2.04 bits per heavy atom. The molecule has 0 bridgehead atoms. The second kappa shape index (κ2) is 7.70. The molecule has 24 heavy (non-hydrogen) atoms. The van der Waals surface area contributed by atoms with E-state index in [1.165, 1.54) is 0 Å². The molecule has 0 aliphatic heterocycles. The average molecular weight is 365 g/mol. The molecule has 1 aliphatic rings. The number of anilines is 1. The van der Waals surface area contributed by atoms with Gasteiger partial charge in [-0.15, -0.1) is 0 Å². The van der Waals surface area contributed by atoms with Crippen LogP contribution in [0.25, 0.3) is 0 Å². The van der Waals surface area contributed by atoms with E-state index >= 15 is 0 Å². The van der Waals surface area contributed by atoms with Gasteiger partial charge >= 0.3 is 0 Å². The molecular weight excluding hydrogens is 344 g/mol. The Morgan fingerprint density at radius 1 is 1.29 bits per heavy atom. The van der Waals surface area contributed by atoms with Gasteiger partial charge in [-0.25, -0.2) is 9.97 Å². The first-order valence-electron chi connectivity index (χ1n) is 7.97. The van der Waals surface area contributed by atoms with Crippen molar-refractivity contribution in [1.82, 2.24) is 9.97 Å². The van der Waals surface area contributed by atoms with E-state index in [2.05, 4.69) is 15.3 Å². The zero-order valence-corrected chi connectivity index (χ0v) is 15.0. The molecule has 0 amide bonds. The third-order valence-electron chi connectivity index (χ3n) is 4.18. The van der Waals surface area contributed by atoms with E-state index in [9.17, 15) is 5.11 Å². The molecule has 3 atom stereocenters. The predicted octanol–water partition coefficient (Wildman–Crippen LogP) is 3.24. The van der Waals surface area contributed by atoms with Crippen LogP contribution in [0.15, 0.2) is 40.4 Å². The molecule has 5 nitrogen and oxygen atoms in total. The second-order valence-electron chi connectivity index (χ2n) is 6.14. The van der Waals surface area contributed by atoms with Crippen LogP contribution >= 0.6 is 23.4 Å². The topological polar surface area (TPSA) is 84.1 Å². The van der Waals surface area contributed by atoms with Gasteiger partial charge in [0.15, 0.2) is 0 Å². The van der Waals surface area contributed by atoms with E-state index in [-0.39, 0.29) is 18.2 Å². The Morgan fingerprint density at radius 3 is 2.71 bits per heavy atom. The molecular formula is C17H21ClN4OS. The minimum Gasteiger partial charge on any atom is -0.393 e. The smallest absolute Gasteiger partial charge is 0.222 e. The van der Waals surface area contributed by atoms with Crippen molar-refractivity contribution < 1.29 is 5.11 Å². The van der Waals surface area contributed by atoms with Gasteiger partial charge in [-0.3, -0.25) is 0 Å². The van der Waals surface area contributed by atoms with Crippen LogP contribution in [-0.4, -0.2) is 33.3 Å². The van der Waals surface area contributed by atoms with Crippen molar-refractivity contribution in [3.8, 4) is 0 Å². The number of nitrogens with zero attached hydrogens (tertiary/aromatic N) is 2. The zero-order valence-electron chi connectivity index (χ0n) is 13.4. The zero-order chi connectivity index (χ0) is 17.1. The van der Waals surface area contributed by atoms with E-state index in [1.54, 1.807) is 24.2 Å². The van der Waals surface area contributed by atoms with Gasteiger partial charge in [-0.05, 0) is 49.9 Å². The quantitative estimate of drug-likeness (QED) is 0.772. The van der Waals surface area contributed by atoms with Crippen LogP contribution in [0.3, 0.4) is 0 Å². The molecule has 4 N–H and O–H groups in total. The minimum absolute atomic E-state index is 0.0804. The van der Waals surface area contributed by atoms with Gasteiger partial charge in [0.2, 0.25) is 5.95 Å². The van der Waals surface area contributed by atoms with E-state index < -0.39 is 0 Å². The lowest BCUT2D eigenvalue weighted by molar-refractivity contribution is 0.115. The van der Waals surface area contributed by atoms with Gasteiger partial charge in [-0.2, -0.15) is 0 Å². The van der Waals surface area contributed by atoms with Gasteiger partial charge in [0.25, 0.3) is 0 Å². The van der Waals surface area contributed by atoms with Gasteiger partial charge in [0.1, 0.15) is 0 Å². The lowest BCUT2D eigenvalue weighted by Gasteiger charge is -2.32. The van der Waals surface area contributed by atoms with Crippen LogP contribution in [-0.2, 0) is 0 Å². The lowest BCUT2D eigenvalue weighted by Crippen LogP contribution is -2.46. The maximum absolute atomic E-state index is 9.63. The molecule has 0 saturated heterocycles. The number of aliphatic hydroxyl groups is 1. The number of aromatic nitrogens is 2. The summed E-state index contributed by atoms with van der Waals surface area (Å²) in [4.78, 5) is 10.9. The van der Waals surface area contributed by atoms with Gasteiger partial charge < -0.3 is 16.2 Å². The summed E-state index contributed by atoms with van der Waals surface area (Å²) in [7, 11) is 0. The van der Waals surface area contributed by atoms with Crippen molar-refractivity contribution in [3.05, 3.63) is 41.2 Å². The summed E-state index contributed by atoms with van der Waals surface area (Å²) in [5.41, 5.74) is 7.21. The van der Waals surface area contributed by atoms with E-state index in [1.807, 2.05) is 25.1 Å². The molecule has 2 aromatic rings. The number of benzene rings is 1. The number of nitrogens with two attached hydrogens (primary N) is 1. The van der Waals surface area contributed by atoms with E-state index in [0.717, 1.165) is 33.2 Å². The first-order chi connectivity index (χ1) is 11.5. The Kier molecular flexibility index (Phi) is 5.61. The summed E-state index contributed by atoms with van der Waals surface area (Å²) in [5, 5.41) is 13.6. The first kappa shape index (κ1) is 17.5. The van der Waals surface area contributed by atoms with Crippen molar-refractivity contribution in [2.75, 3.05) is 5.32 Å². The molecule has 1 saturated carbocycles. The average Bonchev–Trinajstić information content (AvgIpc) is 2.54. The number of halogens is 1. The Bertz CT molecular complexity index is 697. The molecule has 3 unspecified atom stereocenters. The molecule has 7 heteroatoms. The molecule has 128 valence electrons. The summed E-state index contributed by atoms with van der Waals surface area (Å²) in [6.45, 7) is 2.03. The number of aryl methyl sites for hydroxylation is 1. The second-order valence-corrected chi connectivity index (χ2v) is 7.69. The minimum atomic E-state index is -0.291. The highest BCUT2D eigenvalue weighted by Crippen LogP contribution is 2.31. The molecule has 3 rings (SSSR count). The Hall–Kier alpha value is -1.34. The number of aliphatic hydroxyl groups excluding tert-OH is 1. The lowest BCUT2D eigenvalue weighted by atomic mass is 9.89. The summed E-state index contributed by atoms with van der Waals surface area (Å²) in [6.07, 6.45) is 5.51. The van der Waals surface area contributed by atoms with Crippen molar-refractivity contribution in [2.45, 2.75) is 54.2 Å². The van der Waals surface area contributed by atoms with Crippen LogP contribution in [0.5, 0.6) is 0 Å². The van der Waals surface area contributed by atoms with E-state index in [0.29, 0.717) is 12.4 Å². The molecule has 1 aromatic heterocycles. The first-order valence-corrected chi connectivity index (χ1v) is 9.17. The summed E-state index contributed by atoms with van der Waals surface area (Å²) in [5.74, 6) is 0.573. The fourth-order valence-corrected chi connectivity index (χ4v) is 3.87. The number of nitrogens with one attached hydrogen (secondary N) is 1. The maximum atomic E-state index is 9.63. The molecule has 1 aromatic carbocycles. The third-order valence-corrected chi connectivity index (χ3v) is 5.54. The summed E-state index contributed by atoms with van der Waals surface area (Å²) >= 11 is 7.60. The fourth-order valence-electron chi connectivity index (χ4n) is 2.83. The van der Waals surface area contributed by atoms with Crippen LogP contribution in [0.1, 0.15) is 24.8 Å². The molecule has 1 heterocycles. The normalized spacial score (nSPS) is 23.9. The Labute approximate surface area is 151 Å². The maximum Gasteiger partial charge on any atom is 0.222 e. The standard InChI is InChI=1S/C17H21ClN4OS/c1-10-6-11(18)2-5-16(10)24-13-8-20-17(21-9-13)22-15-4-3-12(23)7-14(15)19/h2,5-6,8-9,12,14-15,23H,3-4,7,19H2,1H3,(H,20,21,22). The van der Waals surface area contributed by atoms with Crippen LogP contribution in [0.2, 0.25) is 5.02 Å². The molecule has 1 fully saturated rings. The highest BCUT2D eigenvalue weighted by Gasteiger charge is 2.27. The van der Waals surface area contributed by atoms with Crippen molar-refractivity contribution in [1.29, 1.82) is 0 Å². The highest BCUT2D eigenvalue weighted by atomic mass is 35.5. The fraction of sp³-hybridized carbons (Fsp3) is 0.412. The van der Waals surface area contributed by atoms with Crippen LogP contribution < -0.4 is 11.1 Å². The monoisotopic (exact) mass is 364 g/mol. The summed E-state index contributed by atoms with van der Waals surface area (Å²) < 4.78 is 0. The van der Waals surface area contributed by atoms with Crippen LogP contribution in [0.4, 0.5) is 5.95 Å². The van der Waals surface area contributed by atoms with Gasteiger partial charge in [-0.1, -0.05) is 23.4 Å². The third kappa shape index (κ3) is 4.39. The van der Waals surface area contributed by atoms with Crippen molar-refractivity contribution in [3.63, 3.8) is 0 Å². The number of rotatable bonds is 4. The largest absolute Gasteiger partial charge is 0.393 e. The molecule has 1 aliphatic carbocycles. The van der Waals surface area contributed by atoms with Gasteiger partial charge in [0, 0.05) is 39.3 Å². The summed E-state index contributed by atoms with van der Waals surface area (Å²) in [6, 6.07) is 5.85. The van der Waals surface area contributed by atoms with Gasteiger partial charge in [0.05, 0.1) is 6.10 Å². The van der Waals surface area contributed by atoms with Crippen molar-refractivity contribution >= 4 is 29.3 Å². The predicted molar refractivity (Wildman–Crippen MR) is 97.6 cm³/mol. The number of hydrogen-bond acceptors (Lipinski definition) is 6. The van der Waals surface area contributed by atoms with Crippen molar-refractivity contribution in [2.24, 2.45) is 5.73 Å². The highest BCUT2D eigenvalue weighted by molar-refractivity contribution is 7.99. The SMILES string of the molecule is Cc1cc(Cl)ccc1Sc1cnc(NC2CCC(O)CC2N)nc1. The van der Waals surface area contributed by atoms with E-state index in [4.69, 9.17) is 17.3 Å². The molecule has 0 spiro atoms.